The summed E-state index contributed by atoms with van der Waals surface area (Å²) in [7, 11) is 1.96. The monoisotopic (exact) mass is 295 g/mol. The van der Waals surface area contributed by atoms with E-state index < -0.39 is 0 Å². The lowest BCUT2D eigenvalue weighted by molar-refractivity contribution is 0.128. The third-order valence-corrected chi connectivity index (χ3v) is 4.37. The Morgan fingerprint density at radius 1 is 1.15 bits per heavy atom. The molecule has 112 valence electrons. The second kappa shape index (κ2) is 6.33. The van der Waals surface area contributed by atoms with Crippen molar-refractivity contribution in [1.82, 2.24) is 10.2 Å². The Kier molecular flexibility index (Phi) is 4.95. The molecule has 3 nitrogen and oxygen atoms in total. The van der Waals surface area contributed by atoms with Crippen molar-refractivity contribution in [2.24, 2.45) is 0 Å². The van der Waals surface area contributed by atoms with Crippen molar-refractivity contribution >= 4 is 17.3 Å². The molecule has 1 fully saturated rings. The number of piperazine rings is 1. The van der Waals surface area contributed by atoms with Gasteiger partial charge < -0.3 is 10.2 Å². The van der Waals surface area contributed by atoms with E-state index in [4.69, 9.17) is 11.6 Å². The van der Waals surface area contributed by atoms with Gasteiger partial charge in [-0.25, -0.2) is 0 Å². The van der Waals surface area contributed by atoms with Gasteiger partial charge in [0, 0.05) is 54.5 Å². The van der Waals surface area contributed by atoms with E-state index in [0.29, 0.717) is 0 Å². The van der Waals surface area contributed by atoms with Gasteiger partial charge in [-0.05, 0) is 40.0 Å². The summed E-state index contributed by atoms with van der Waals surface area (Å²) in [5.41, 5.74) is 2.75. The summed E-state index contributed by atoms with van der Waals surface area (Å²) in [6.45, 7) is 12.0. The Hall–Kier alpha value is -0.770. The van der Waals surface area contributed by atoms with E-state index >= 15 is 0 Å². The molecular formula is C16H26ClN3. The number of nitrogens with zero attached hydrogens (tertiary/aromatic N) is 2. The van der Waals surface area contributed by atoms with Crippen molar-refractivity contribution in [2.45, 2.75) is 32.9 Å². The average molecular weight is 296 g/mol. The summed E-state index contributed by atoms with van der Waals surface area (Å²) in [5.74, 6) is 0. The Morgan fingerprint density at radius 3 is 2.35 bits per heavy atom. The highest BCUT2D eigenvalue weighted by atomic mass is 35.5. The molecule has 1 aromatic rings. The summed E-state index contributed by atoms with van der Waals surface area (Å²) in [6.07, 6.45) is 0. The second-order valence-electron chi connectivity index (χ2n) is 6.41. The quantitative estimate of drug-likeness (QED) is 0.925. The standard InChI is InChI=1S/C16H26ClN3/c1-16(2,3)20-10-8-19(9-11-20)15-7-5-6-14(17)13(15)12-18-4/h5-7,18H,8-12H2,1-4H3. The maximum atomic E-state index is 6.35. The van der Waals surface area contributed by atoms with Gasteiger partial charge in [-0.15, -0.1) is 0 Å². The first-order valence-corrected chi connectivity index (χ1v) is 7.73. The minimum atomic E-state index is 0.258. The van der Waals surface area contributed by atoms with Crippen LogP contribution < -0.4 is 10.2 Å². The largest absolute Gasteiger partial charge is 0.369 e. The third kappa shape index (κ3) is 3.46. The van der Waals surface area contributed by atoms with Crippen LogP contribution in [0.15, 0.2) is 18.2 Å². The number of anilines is 1. The van der Waals surface area contributed by atoms with E-state index in [2.05, 4.69) is 42.0 Å². The number of benzene rings is 1. The summed E-state index contributed by atoms with van der Waals surface area (Å²) in [4.78, 5) is 5.01. The van der Waals surface area contributed by atoms with Crippen LogP contribution in [0.4, 0.5) is 5.69 Å². The Morgan fingerprint density at radius 2 is 1.80 bits per heavy atom. The number of nitrogens with one attached hydrogen (secondary N) is 1. The van der Waals surface area contributed by atoms with Crippen molar-refractivity contribution in [1.29, 1.82) is 0 Å². The molecule has 0 spiro atoms. The van der Waals surface area contributed by atoms with E-state index in [1.165, 1.54) is 11.3 Å². The molecule has 1 heterocycles. The fourth-order valence-electron chi connectivity index (χ4n) is 2.81. The molecule has 2 rings (SSSR count). The van der Waals surface area contributed by atoms with Crippen molar-refractivity contribution in [3.8, 4) is 0 Å². The number of hydrogen-bond donors (Lipinski definition) is 1. The minimum absolute atomic E-state index is 0.258. The zero-order valence-electron chi connectivity index (χ0n) is 13.0. The molecule has 0 atom stereocenters. The first kappa shape index (κ1) is 15.6. The summed E-state index contributed by atoms with van der Waals surface area (Å²) < 4.78 is 0. The molecule has 0 saturated carbocycles. The van der Waals surface area contributed by atoms with E-state index in [1.54, 1.807) is 0 Å². The van der Waals surface area contributed by atoms with Crippen LogP contribution in [-0.2, 0) is 6.54 Å². The average Bonchev–Trinajstić information content (AvgIpc) is 2.40. The van der Waals surface area contributed by atoms with E-state index in [0.717, 1.165) is 37.7 Å². The van der Waals surface area contributed by atoms with E-state index in [-0.39, 0.29) is 5.54 Å². The highest BCUT2D eigenvalue weighted by Gasteiger charge is 2.26. The van der Waals surface area contributed by atoms with Gasteiger partial charge in [0.15, 0.2) is 0 Å². The van der Waals surface area contributed by atoms with Crippen LogP contribution in [0.3, 0.4) is 0 Å². The molecule has 1 saturated heterocycles. The van der Waals surface area contributed by atoms with Crippen molar-refractivity contribution in [2.75, 3.05) is 38.1 Å². The summed E-state index contributed by atoms with van der Waals surface area (Å²) in [5, 5.41) is 4.07. The number of rotatable bonds is 3. The van der Waals surface area contributed by atoms with Crippen LogP contribution in [0.5, 0.6) is 0 Å². The zero-order chi connectivity index (χ0) is 14.8. The van der Waals surface area contributed by atoms with Crippen LogP contribution >= 0.6 is 11.6 Å². The fourth-order valence-corrected chi connectivity index (χ4v) is 3.05. The predicted molar refractivity (Wildman–Crippen MR) is 87.8 cm³/mol. The zero-order valence-corrected chi connectivity index (χ0v) is 13.8. The van der Waals surface area contributed by atoms with Gasteiger partial charge in [-0.1, -0.05) is 17.7 Å². The topological polar surface area (TPSA) is 18.5 Å². The molecular weight excluding hydrogens is 270 g/mol. The minimum Gasteiger partial charge on any atom is -0.369 e. The van der Waals surface area contributed by atoms with Gasteiger partial charge in [0.2, 0.25) is 0 Å². The molecule has 0 unspecified atom stereocenters. The SMILES string of the molecule is CNCc1c(Cl)cccc1N1CCN(C(C)(C)C)CC1. The normalized spacial score (nSPS) is 17.6. The molecule has 0 aliphatic carbocycles. The molecule has 1 aromatic carbocycles. The second-order valence-corrected chi connectivity index (χ2v) is 6.82. The Balaban J connectivity index is 2.13. The van der Waals surface area contributed by atoms with Crippen molar-refractivity contribution in [3.05, 3.63) is 28.8 Å². The van der Waals surface area contributed by atoms with E-state index in [1.807, 2.05) is 19.2 Å². The van der Waals surface area contributed by atoms with E-state index in [9.17, 15) is 0 Å². The van der Waals surface area contributed by atoms with Crippen LogP contribution in [0.25, 0.3) is 0 Å². The van der Waals surface area contributed by atoms with Crippen LogP contribution in [0.1, 0.15) is 26.3 Å². The van der Waals surface area contributed by atoms with Crippen LogP contribution in [0.2, 0.25) is 5.02 Å². The molecule has 1 aliphatic rings. The lowest BCUT2D eigenvalue weighted by Crippen LogP contribution is -2.53. The summed E-state index contributed by atoms with van der Waals surface area (Å²) >= 11 is 6.35. The van der Waals surface area contributed by atoms with Gasteiger partial charge in [0.25, 0.3) is 0 Å². The third-order valence-electron chi connectivity index (χ3n) is 4.02. The first-order valence-electron chi connectivity index (χ1n) is 7.35. The number of hydrogen-bond acceptors (Lipinski definition) is 3. The molecule has 0 bridgehead atoms. The van der Waals surface area contributed by atoms with Gasteiger partial charge in [-0.3, -0.25) is 4.90 Å². The van der Waals surface area contributed by atoms with Crippen molar-refractivity contribution < 1.29 is 0 Å². The predicted octanol–water partition coefficient (Wildman–Crippen LogP) is 2.98. The molecule has 0 amide bonds. The van der Waals surface area contributed by atoms with Crippen LogP contribution in [-0.4, -0.2) is 43.7 Å². The highest BCUT2D eigenvalue weighted by molar-refractivity contribution is 6.31. The summed E-state index contributed by atoms with van der Waals surface area (Å²) in [6, 6.07) is 6.21. The molecule has 0 radical (unpaired) electrons. The molecule has 20 heavy (non-hydrogen) atoms. The van der Waals surface area contributed by atoms with Gasteiger partial charge in [0.1, 0.15) is 0 Å². The lowest BCUT2D eigenvalue weighted by Gasteiger charge is -2.43. The number of halogens is 1. The van der Waals surface area contributed by atoms with Crippen molar-refractivity contribution in [3.63, 3.8) is 0 Å². The molecule has 1 aliphatic heterocycles. The lowest BCUT2D eigenvalue weighted by atomic mass is 10.0. The molecule has 4 heteroatoms. The maximum absolute atomic E-state index is 6.35. The van der Waals surface area contributed by atoms with Gasteiger partial charge >= 0.3 is 0 Å². The smallest absolute Gasteiger partial charge is 0.0471 e. The molecule has 0 aromatic heterocycles. The highest BCUT2D eigenvalue weighted by Crippen LogP contribution is 2.29. The van der Waals surface area contributed by atoms with Crippen LogP contribution in [0, 0.1) is 0 Å². The Bertz CT molecular complexity index is 446. The van der Waals surface area contributed by atoms with Gasteiger partial charge in [-0.2, -0.15) is 0 Å². The molecule has 1 N–H and O–H groups in total. The van der Waals surface area contributed by atoms with Gasteiger partial charge in [0.05, 0.1) is 0 Å². The Labute approximate surface area is 127 Å². The maximum Gasteiger partial charge on any atom is 0.0471 e. The first-order chi connectivity index (χ1) is 9.43. The fraction of sp³-hybridized carbons (Fsp3) is 0.625.